The van der Waals surface area contributed by atoms with Gasteiger partial charge in [-0.3, -0.25) is 9.69 Å². The van der Waals surface area contributed by atoms with Crippen molar-refractivity contribution in [2.45, 2.75) is 72.4 Å². The van der Waals surface area contributed by atoms with Crippen molar-refractivity contribution in [1.82, 2.24) is 4.90 Å². The van der Waals surface area contributed by atoms with Gasteiger partial charge in [0.25, 0.3) is 0 Å². The molecule has 2 aliphatic rings. The first-order chi connectivity index (χ1) is 12.7. The van der Waals surface area contributed by atoms with E-state index in [1.807, 2.05) is 37.8 Å². The molecular formula is C23H36N2O2. The molecule has 1 fully saturated rings. The van der Waals surface area contributed by atoms with Crippen LogP contribution in [0, 0.1) is 11.3 Å². The summed E-state index contributed by atoms with van der Waals surface area (Å²) in [6.45, 7) is 13.1. The molecule has 1 amide bonds. The van der Waals surface area contributed by atoms with E-state index in [1.165, 1.54) is 18.4 Å². The number of aliphatic hydroxyl groups is 1. The third kappa shape index (κ3) is 4.38. The minimum Gasteiger partial charge on any atom is -0.387 e. The fourth-order valence-corrected chi connectivity index (χ4v) is 4.45. The van der Waals surface area contributed by atoms with E-state index in [0.717, 1.165) is 37.2 Å². The van der Waals surface area contributed by atoms with Crippen molar-refractivity contribution in [3.05, 3.63) is 29.3 Å². The van der Waals surface area contributed by atoms with Crippen LogP contribution in [0.15, 0.2) is 18.2 Å². The van der Waals surface area contributed by atoms with Crippen molar-refractivity contribution >= 4 is 11.6 Å². The fourth-order valence-electron chi connectivity index (χ4n) is 4.45. The second-order valence-corrected chi connectivity index (χ2v) is 9.57. The van der Waals surface area contributed by atoms with Crippen molar-refractivity contribution in [1.29, 1.82) is 0 Å². The number of anilines is 1. The Kier molecular flexibility index (Phi) is 5.97. The summed E-state index contributed by atoms with van der Waals surface area (Å²) in [6, 6.07) is 6.69. The molecule has 0 aliphatic carbocycles. The zero-order valence-electron chi connectivity index (χ0n) is 17.7. The van der Waals surface area contributed by atoms with Gasteiger partial charge in [-0.15, -0.1) is 0 Å². The normalized spacial score (nSPS) is 25.2. The molecule has 2 aliphatic heterocycles. The van der Waals surface area contributed by atoms with Crippen molar-refractivity contribution in [2.24, 2.45) is 11.3 Å². The highest BCUT2D eigenvalue weighted by Gasteiger charge is 2.32. The average molecular weight is 373 g/mol. The largest absolute Gasteiger partial charge is 0.387 e. The van der Waals surface area contributed by atoms with E-state index in [2.05, 4.69) is 24.8 Å². The van der Waals surface area contributed by atoms with E-state index in [-0.39, 0.29) is 11.3 Å². The fraction of sp³-hybridized carbons (Fsp3) is 0.696. The van der Waals surface area contributed by atoms with E-state index >= 15 is 0 Å². The number of hydrogen-bond donors (Lipinski definition) is 1. The molecule has 150 valence electrons. The lowest BCUT2D eigenvalue weighted by Gasteiger charge is -2.39. The number of benzene rings is 1. The first-order valence-corrected chi connectivity index (χ1v) is 10.6. The number of amides is 1. The van der Waals surface area contributed by atoms with Gasteiger partial charge >= 0.3 is 0 Å². The van der Waals surface area contributed by atoms with Crippen LogP contribution in [0.25, 0.3) is 0 Å². The molecule has 3 atom stereocenters. The van der Waals surface area contributed by atoms with Gasteiger partial charge in [-0.1, -0.05) is 39.8 Å². The molecule has 4 nitrogen and oxygen atoms in total. The van der Waals surface area contributed by atoms with Crippen LogP contribution in [0.4, 0.5) is 5.69 Å². The number of nitrogens with zero attached hydrogens (tertiary/aromatic N) is 2. The molecule has 3 rings (SSSR count). The predicted octanol–water partition coefficient (Wildman–Crippen LogP) is 4.17. The SMILES string of the molecule is C[C@@H]1CCCN(C[C@@H](O)c2ccc3c(c2)CCCN3C(=O)C(C)(C)C)[C@H]1C. The van der Waals surface area contributed by atoms with Gasteiger partial charge in [0.15, 0.2) is 0 Å². The topological polar surface area (TPSA) is 43.8 Å². The summed E-state index contributed by atoms with van der Waals surface area (Å²) >= 11 is 0. The summed E-state index contributed by atoms with van der Waals surface area (Å²) in [5.41, 5.74) is 2.81. The molecule has 0 unspecified atom stereocenters. The maximum atomic E-state index is 12.8. The molecule has 1 N–H and O–H groups in total. The highest BCUT2D eigenvalue weighted by Crippen LogP contribution is 2.33. The summed E-state index contributed by atoms with van der Waals surface area (Å²) in [5.74, 6) is 0.860. The lowest BCUT2D eigenvalue weighted by atomic mass is 9.90. The first kappa shape index (κ1) is 20.3. The molecule has 1 saturated heterocycles. The monoisotopic (exact) mass is 372 g/mol. The van der Waals surface area contributed by atoms with Gasteiger partial charge in [0.1, 0.15) is 0 Å². The van der Waals surface area contributed by atoms with Crippen molar-refractivity contribution < 1.29 is 9.90 Å². The molecular weight excluding hydrogens is 336 g/mol. The molecule has 0 radical (unpaired) electrons. The highest BCUT2D eigenvalue weighted by atomic mass is 16.3. The van der Waals surface area contributed by atoms with Crippen LogP contribution >= 0.6 is 0 Å². The molecule has 1 aromatic carbocycles. The number of piperidine rings is 1. The number of likely N-dealkylation sites (tertiary alicyclic amines) is 1. The Bertz CT molecular complexity index is 679. The third-order valence-electron chi connectivity index (χ3n) is 6.41. The Morgan fingerprint density at radius 2 is 1.96 bits per heavy atom. The number of rotatable bonds is 3. The Balaban J connectivity index is 1.76. The molecule has 0 saturated carbocycles. The molecule has 0 bridgehead atoms. The van der Waals surface area contributed by atoms with Gasteiger partial charge in [-0.2, -0.15) is 0 Å². The average Bonchev–Trinajstić information content (AvgIpc) is 2.63. The number of β-amino-alcohol motifs (C(OH)–C–C–N with tert-alkyl or cyclic N) is 1. The number of aryl methyl sites for hydroxylation is 1. The Morgan fingerprint density at radius 3 is 2.67 bits per heavy atom. The van der Waals surface area contributed by atoms with Crippen molar-refractivity contribution in [2.75, 3.05) is 24.5 Å². The Labute approximate surface area is 164 Å². The Hall–Kier alpha value is -1.39. The second-order valence-electron chi connectivity index (χ2n) is 9.57. The number of hydrogen-bond acceptors (Lipinski definition) is 3. The van der Waals surface area contributed by atoms with Gasteiger partial charge in [0.05, 0.1) is 6.10 Å². The smallest absolute Gasteiger partial charge is 0.232 e. The highest BCUT2D eigenvalue weighted by molar-refractivity contribution is 5.98. The summed E-state index contributed by atoms with van der Waals surface area (Å²) in [5, 5.41) is 10.9. The summed E-state index contributed by atoms with van der Waals surface area (Å²) in [7, 11) is 0. The van der Waals surface area contributed by atoms with Crippen LogP contribution in [0.1, 0.15) is 71.1 Å². The number of carbonyl (C=O) groups is 1. The number of fused-ring (bicyclic) bond motifs is 1. The van der Waals surface area contributed by atoms with Crippen LogP contribution in [0.3, 0.4) is 0 Å². The van der Waals surface area contributed by atoms with Gasteiger partial charge in [-0.05, 0) is 62.3 Å². The lowest BCUT2D eigenvalue weighted by molar-refractivity contribution is -0.125. The van der Waals surface area contributed by atoms with Crippen molar-refractivity contribution in [3.63, 3.8) is 0 Å². The molecule has 4 heteroatoms. The van der Waals surface area contributed by atoms with Crippen molar-refractivity contribution in [3.8, 4) is 0 Å². The standard InChI is InChI=1S/C23H36N2O2/c1-16-8-6-12-24(17(16)2)15-21(26)19-10-11-20-18(14-19)9-7-13-25(20)22(27)23(3,4)5/h10-11,14,16-17,21,26H,6-9,12-13,15H2,1-5H3/t16-,17+,21-/m1/s1. The van der Waals surface area contributed by atoms with E-state index in [9.17, 15) is 9.90 Å². The molecule has 2 heterocycles. The lowest BCUT2D eigenvalue weighted by Crippen LogP contribution is -2.44. The molecule has 0 spiro atoms. The van der Waals surface area contributed by atoms with Crippen LogP contribution in [-0.2, 0) is 11.2 Å². The van der Waals surface area contributed by atoms with E-state index in [4.69, 9.17) is 0 Å². The summed E-state index contributed by atoms with van der Waals surface area (Å²) < 4.78 is 0. The predicted molar refractivity (Wildman–Crippen MR) is 111 cm³/mol. The zero-order valence-corrected chi connectivity index (χ0v) is 17.7. The maximum Gasteiger partial charge on any atom is 0.232 e. The minimum absolute atomic E-state index is 0.174. The van der Waals surface area contributed by atoms with Crippen LogP contribution in [0.2, 0.25) is 0 Å². The summed E-state index contributed by atoms with van der Waals surface area (Å²) in [4.78, 5) is 17.2. The van der Waals surface area contributed by atoms with E-state index < -0.39 is 6.10 Å². The van der Waals surface area contributed by atoms with Gasteiger partial charge in [0, 0.05) is 30.2 Å². The molecule has 0 aromatic heterocycles. The quantitative estimate of drug-likeness (QED) is 0.866. The van der Waals surface area contributed by atoms with Crippen LogP contribution in [-0.4, -0.2) is 41.6 Å². The van der Waals surface area contributed by atoms with E-state index in [0.29, 0.717) is 18.5 Å². The van der Waals surface area contributed by atoms with Crippen LogP contribution < -0.4 is 4.90 Å². The molecule has 27 heavy (non-hydrogen) atoms. The van der Waals surface area contributed by atoms with Gasteiger partial charge < -0.3 is 10.0 Å². The summed E-state index contributed by atoms with van der Waals surface area (Å²) in [6.07, 6.45) is 3.98. The van der Waals surface area contributed by atoms with Gasteiger partial charge in [-0.25, -0.2) is 0 Å². The third-order valence-corrected chi connectivity index (χ3v) is 6.41. The minimum atomic E-state index is -0.475. The number of carbonyl (C=O) groups excluding carboxylic acids is 1. The number of aliphatic hydroxyl groups excluding tert-OH is 1. The Morgan fingerprint density at radius 1 is 1.22 bits per heavy atom. The first-order valence-electron chi connectivity index (χ1n) is 10.6. The van der Waals surface area contributed by atoms with E-state index in [1.54, 1.807) is 0 Å². The van der Waals surface area contributed by atoms with Gasteiger partial charge in [0.2, 0.25) is 5.91 Å². The maximum absolute atomic E-state index is 12.8. The molecule has 1 aromatic rings. The zero-order chi connectivity index (χ0) is 19.8. The second kappa shape index (κ2) is 7.92. The van der Waals surface area contributed by atoms with Crippen LogP contribution in [0.5, 0.6) is 0 Å².